The maximum absolute atomic E-state index is 12.5. The van der Waals surface area contributed by atoms with Gasteiger partial charge in [0.15, 0.2) is 6.29 Å². The first kappa shape index (κ1) is 11.6. The molecule has 0 saturated heterocycles. The lowest BCUT2D eigenvalue weighted by molar-refractivity contribution is -0.137. The van der Waals surface area contributed by atoms with Gasteiger partial charge in [0.05, 0.1) is 11.1 Å². The molecule has 2 nitrogen and oxygen atoms in total. The molecule has 0 bridgehead atoms. The zero-order valence-electron chi connectivity index (χ0n) is 8.88. The Hall–Kier alpha value is -1.91. The molecule has 0 aliphatic heterocycles. The van der Waals surface area contributed by atoms with Crippen molar-refractivity contribution < 1.29 is 18.0 Å². The minimum absolute atomic E-state index is 0.221. The van der Waals surface area contributed by atoms with Gasteiger partial charge >= 0.3 is 6.18 Å². The van der Waals surface area contributed by atoms with Crippen molar-refractivity contribution in [1.29, 1.82) is 0 Å². The van der Waals surface area contributed by atoms with Gasteiger partial charge in [-0.1, -0.05) is 0 Å². The molecule has 0 radical (unpaired) electrons. The standard InChI is InChI=1S/C12H8F3NO/c1-7-4-8(6-17)10-5-9(12(13,14)15)2-3-11(10)16-7/h2-6H,1H3. The summed E-state index contributed by atoms with van der Waals surface area (Å²) in [7, 11) is 0. The third kappa shape index (κ3) is 2.13. The van der Waals surface area contributed by atoms with E-state index in [1.807, 2.05) is 0 Å². The van der Waals surface area contributed by atoms with Crippen molar-refractivity contribution in [3.05, 3.63) is 41.1 Å². The molecule has 5 heteroatoms. The Labute approximate surface area is 95.1 Å². The summed E-state index contributed by atoms with van der Waals surface area (Å²) in [6.07, 6.45) is -3.88. The summed E-state index contributed by atoms with van der Waals surface area (Å²) in [5.74, 6) is 0. The van der Waals surface area contributed by atoms with Crippen LogP contribution in [-0.2, 0) is 6.18 Å². The molecule has 1 aromatic heterocycles. The van der Waals surface area contributed by atoms with Crippen LogP contribution in [0.1, 0.15) is 21.6 Å². The van der Waals surface area contributed by atoms with E-state index in [9.17, 15) is 18.0 Å². The van der Waals surface area contributed by atoms with Crippen molar-refractivity contribution in [2.45, 2.75) is 13.1 Å². The third-order valence-electron chi connectivity index (χ3n) is 2.42. The molecular weight excluding hydrogens is 231 g/mol. The second-order valence-corrected chi connectivity index (χ2v) is 3.70. The number of aldehydes is 1. The fourth-order valence-corrected chi connectivity index (χ4v) is 1.66. The van der Waals surface area contributed by atoms with E-state index in [0.717, 1.165) is 12.1 Å². The number of aromatic nitrogens is 1. The van der Waals surface area contributed by atoms with Crippen LogP contribution in [0.15, 0.2) is 24.3 Å². The first-order valence-electron chi connectivity index (χ1n) is 4.85. The van der Waals surface area contributed by atoms with E-state index in [2.05, 4.69) is 4.98 Å². The number of nitrogens with zero attached hydrogens (tertiary/aromatic N) is 1. The fourth-order valence-electron chi connectivity index (χ4n) is 1.66. The maximum Gasteiger partial charge on any atom is 0.416 e. The molecule has 2 aromatic rings. The second-order valence-electron chi connectivity index (χ2n) is 3.70. The van der Waals surface area contributed by atoms with Crippen molar-refractivity contribution in [2.24, 2.45) is 0 Å². The van der Waals surface area contributed by atoms with Crippen molar-refractivity contribution in [3.8, 4) is 0 Å². The summed E-state index contributed by atoms with van der Waals surface area (Å²) in [6, 6.07) is 4.66. The molecule has 1 aromatic carbocycles. The number of carbonyl (C=O) groups excluding carboxylic acids is 1. The second kappa shape index (κ2) is 3.84. The minimum atomic E-state index is -4.42. The van der Waals surface area contributed by atoms with E-state index in [1.165, 1.54) is 12.1 Å². The Bertz CT molecular complexity index is 590. The molecule has 0 amide bonds. The molecule has 0 N–H and O–H groups in total. The van der Waals surface area contributed by atoms with Gasteiger partial charge in [-0.25, -0.2) is 0 Å². The van der Waals surface area contributed by atoms with Crippen molar-refractivity contribution in [1.82, 2.24) is 4.98 Å². The Kier molecular flexibility index (Phi) is 2.61. The number of rotatable bonds is 1. The van der Waals surface area contributed by atoms with Crippen molar-refractivity contribution >= 4 is 17.2 Å². The summed E-state index contributed by atoms with van der Waals surface area (Å²) >= 11 is 0. The largest absolute Gasteiger partial charge is 0.416 e. The van der Waals surface area contributed by atoms with Crippen LogP contribution in [0.3, 0.4) is 0 Å². The number of alkyl halides is 3. The first-order valence-corrected chi connectivity index (χ1v) is 4.85. The maximum atomic E-state index is 12.5. The topological polar surface area (TPSA) is 30.0 Å². The molecule has 0 unspecified atom stereocenters. The Morgan fingerprint density at radius 1 is 1.24 bits per heavy atom. The van der Waals surface area contributed by atoms with Gasteiger partial charge in [-0.05, 0) is 31.2 Å². The number of pyridine rings is 1. The molecule has 0 spiro atoms. The predicted octanol–water partition coefficient (Wildman–Crippen LogP) is 3.37. The predicted molar refractivity (Wildman–Crippen MR) is 56.9 cm³/mol. The molecule has 2 rings (SSSR count). The molecule has 17 heavy (non-hydrogen) atoms. The third-order valence-corrected chi connectivity index (χ3v) is 2.42. The number of aryl methyl sites for hydroxylation is 1. The van der Waals surface area contributed by atoms with E-state index >= 15 is 0 Å². The highest BCUT2D eigenvalue weighted by atomic mass is 19.4. The van der Waals surface area contributed by atoms with E-state index in [0.29, 0.717) is 17.5 Å². The van der Waals surface area contributed by atoms with Crippen molar-refractivity contribution in [2.75, 3.05) is 0 Å². The van der Waals surface area contributed by atoms with Gasteiger partial charge in [0.25, 0.3) is 0 Å². The number of hydrogen-bond donors (Lipinski definition) is 0. The lowest BCUT2D eigenvalue weighted by Crippen LogP contribution is -2.05. The fraction of sp³-hybridized carbons (Fsp3) is 0.167. The van der Waals surface area contributed by atoms with E-state index in [4.69, 9.17) is 0 Å². The van der Waals surface area contributed by atoms with Gasteiger partial charge in [0.1, 0.15) is 0 Å². The van der Waals surface area contributed by atoms with Crippen LogP contribution in [0.4, 0.5) is 13.2 Å². The number of benzene rings is 1. The molecule has 0 atom stereocenters. The van der Waals surface area contributed by atoms with E-state index in [1.54, 1.807) is 6.92 Å². The summed E-state index contributed by atoms with van der Waals surface area (Å²) in [4.78, 5) is 14.9. The molecule has 0 saturated carbocycles. The first-order chi connectivity index (χ1) is 7.91. The van der Waals surface area contributed by atoms with Gasteiger partial charge < -0.3 is 0 Å². The number of hydrogen-bond acceptors (Lipinski definition) is 2. The lowest BCUT2D eigenvalue weighted by atomic mass is 10.1. The van der Waals surface area contributed by atoms with Gasteiger partial charge in [-0.3, -0.25) is 9.78 Å². The zero-order valence-corrected chi connectivity index (χ0v) is 8.88. The molecule has 1 heterocycles. The average molecular weight is 239 g/mol. The molecular formula is C12H8F3NO. The number of halogens is 3. The van der Waals surface area contributed by atoms with Crippen LogP contribution >= 0.6 is 0 Å². The van der Waals surface area contributed by atoms with Crippen LogP contribution in [0.2, 0.25) is 0 Å². The van der Waals surface area contributed by atoms with Crippen molar-refractivity contribution in [3.63, 3.8) is 0 Å². The van der Waals surface area contributed by atoms with Gasteiger partial charge in [-0.15, -0.1) is 0 Å². The SMILES string of the molecule is Cc1cc(C=O)c2cc(C(F)(F)F)ccc2n1. The summed E-state index contributed by atoms with van der Waals surface area (Å²) in [5.41, 5.74) is 0.428. The van der Waals surface area contributed by atoms with Gasteiger partial charge in [0.2, 0.25) is 0 Å². The summed E-state index contributed by atoms with van der Waals surface area (Å²) < 4.78 is 37.6. The summed E-state index contributed by atoms with van der Waals surface area (Å²) in [5, 5.41) is 0.223. The molecule has 0 fully saturated rings. The minimum Gasteiger partial charge on any atom is -0.298 e. The van der Waals surface area contributed by atoms with Crippen LogP contribution in [0, 0.1) is 6.92 Å². The van der Waals surface area contributed by atoms with Gasteiger partial charge in [-0.2, -0.15) is 13.2 Å². The highest BCUT2D eigenvalue weighted by Gasteiger charge is 2.30. The molecule has 0 aliphatic carbocycles. The lowest BCUT2D eigenvalue weighted by Gasteiger charge is -2.09. The molecule has 88 valence electrons. The summed E-state index contributed by atoms with van der Waals surface area (Å²) in [6.45, 7) is 1.68. The Morgan fingerprint density at radius 3 is 2.53 bits per heavy atom. The number of fused-ring (bicyclic) bond motifs is 1. The smallest absolute Gasteiger partial charge is 0.298 e. The number of carbonyl (C=O) groups is 1. The highest BCUT2D eigenvalue weighted by Crippen LogP contribution is 2.31. The van der Waals surface area contributed by atoms with Crippen LogP contribution < -0.4 is 0 Å². The Balaban J connectivity index is 2.76. The quantitative estimate of drug-likeness (QED) is 0.714. The van der Waals surface area contributed by atoms with E-state index in [-0.39, 0.29) is 10.9 Å². The van der Waals surface area contributed by atoms with Crippen LogP contribution in [-0.4, -0.2) is 11.3 Å². The molecule has 0 aliphatic rings. The average Bonchev–Trinajstić information content (AvgIpc) is 2.25. The Morgan fingerprint density at radius 2 is 1.94 bits per heavy atom. The van der Waals surface area contributed by atoms with E-state index < -0.39 is 11.7 Å². The van der Waals surface area contributed by atoms with Crippen LogP contribution in [0.25, 0.3) is 10.9 Å². The monoisotopic (exact) mass is 239 g/mol. The zero-order chi connectivity index (χ0) is 12.6. The highest BCUT2D eigenvalue weighted by molar-refractivity contribution is 5.96. The van der Waals surface area contributed by atoms with Gasteiger partial charge in [0, 0.05) is 16.6 Å². The normalized spacial score (nSPS) is 11.8. The van der Waals surface area contributed by atoms with Crippen LogP contribution in [0.5, 0.6) is 0 Å².